The van der Waals surface area contributed by atoms with E-state index >= 15 is 0 Å². The SMILES string of the molecule is COC(=O)C1(NC(=O)Cc2c(C)nn(C)c2C)CCCCC1. The quantitative estimate of drug-likeness (QED) is 0.857. The van der Waals surface area contributed by atoms with Crippen molar-refractivity contribution in [3.63, 3.8) is 0 Å². The summed E-state index contributed by atoms with van der Waals surface area (Å²) in [6.45, 7) is 3.84. The first-order valence-corrected chi connectivity index (χ1v) is 7.78. The molecule has 2 rings (SSSR count). The van der Waals surface area contributed by atoms with Gasteiger partial charge in [-0.1, -0.05) is 19.3 Å². The van der Waals surface area contributed by atoms with Crippen molar-refractivity contribution in [1.29, 1.82) is 0 Å². The second-order valence-electron chi connectivity index (χ2n) is 6.13. The molecule has 6 nitrogen and oxygen atoms in total. The minimum Gasteiger partial charge on any atom is -0.467 e. The van der Waals surface area contributed by atoms with E-state index in [4.69, 9.17) is 4.74 Å². The van der Waals surface area contributed by atoms with Gasteiger partial charge in [-0.05, 0) is 26.7 Å². The van der Waals surface area contributed by atoms with E-state index in [1.165, 1.54) is 7.11 Å². The first-order valence-electron chi connectivity index (χ1n) is 7.78. The highest BCUT2D eigenvalue weighted by molar-refractivity contribution is 5.89. The van der Waals surface area contributed by atoms with E-state index in [0.717, 1.165) is 36.2 Å². The molecular weight excluding hydrogens is 282 g/mol. The number of aryl methyl sites for hydroxylation is 2. The van der Waals surface area contributed by atoms with Crippen LogP contribution in [-0.2, 0) is 27.8 Å². The molecule has 1 saturated carbocycles. The van der Waals surface area contributed by atoms with Gasteiger partial charge in [-0.15, -0.1) is 0 Å². The van der Waals surface area contributed by atoms with E-state index in [0.29, 0.717) is 12.8 Å². The lowest BCUT2D eigenvalue weighted by atomic mass is 9.81. The molecule has 0 radical (unpaired) electrons. The molecule has 122 valence electrons. The molecule has 0 spiro atoms. The van der Waals surface area contributed by atoms with Gasteiger partial charge in [0.05, 0.1) is 19.2 Å². The largest absolute Gasteiger partial charge is 0.467 e. The summed E-state index contributed by atoms with van der Waals surface area (Å²) in [5.41, 5.74) is 1.90. The summed E-state index contributed by atoms with van der Waals surface area (Å²) in [6, 6.07) is 0. The summed E-state index contributed by atoms with van der Waals surface area (Å²) in [7, 11) is 3.24. The van der Waals surface area contributed by atoms with Crippen LogP contribution in [0.25, 0.3) is 0 Å². The van der Waals surface area contributed by atoms with E-state index in [2.05, 4.69) is 10.4 Å². The van der Waals surface area contributed by atoms with Crippen LogP contribution in [0.15, 0.2) is 0 Å². The van der Waals surface area contributed by atoms with Gasteiger partial charge >= 0.3 is 5.97 Å². The standard InChI is InChI=1S/C16H25N3O3/c1-11-13(12(2)19(3)18-11)10-14(20)17-16(15(21)22-4)8-6-5-7-9-16/h5-10H2,1-4H3,(H,17,20). The highest BCUT2D eigenvalue weighted by Crippen LogP contribution is 2.29. The molecule has 1 aromatic rings. The summed E-state index contributed by atoms with van der Waals surface area (Å²) in [5, 5.41) is 7.27. The first kappa shape index (κ1) is 16.5. The summed E-state index contributed by atoms with van der Waals surface area (Å²) in [6.07, 6.45) is 4.49. The van der Waals surface area contributed by atoms with Crippen molar-refractivity contribution in [1.82, 2.24) is 15.1 Å². The molecule has 1 aromatic heterocycles. The van der Waals surface area contributed by atoms with Crippen molar-refractivity contribution in [3.05, 3.63) is 17.0 Å². The third kappa shape index (κ3) is 3.15. The van der Waals surface area contributed by atoms with Crippen molar-refractivity contribution in [3.8, 4) is 0 Å². The molecule has 1 heterocycles. The molecule has 1 aliphatic rings. The Morgan fingerprint density at radius 1 is 1.27 bits per heavy atom. The van der Waals surface area contributed by atoms with Crippen LogP contribution in [0.1, 0.15) is 49.1 Å². The van der Waals surface area contributed by atoms with Gasteiger partial charge in [0.2, 0.25) is 5.91 Å². The smallest absolute Gasteiger partial charge is 0.331 e. The number of ether oxygens (including phenoxy) is 1. The zero-order valence-corrected chi connectivity index (χ0v) is 13.9. The van der Waals surface area contributed by atoms with Gasteiger partial charge in [-0.25, -0.2) is 4.79 Å². The fraction of sp³-hybridized carbons (Fsp3) is 0.688. The summed E-state index contributed by atoms with van der Waals surface area (Å²) >= 11 is 0. The molecular formula is C16H25N3O3. The number of rotatable bonds is 4. The van der Waals surface area contributed by atoms with Crippen molar-refractivity contribution in [2.24, 2.45) is 7.05 Å². The second kappa shape index (κ2) is 6.50. The highest BCUT2D eigenvalue weighted by atomic mass is 16.5. The Bertz CT molecular complexity index is 571. The number of hydrogen-bond acceptors (Lipinski definition) is 4. The minimum atomic E-state index is -0.853. The monoisotopic (exact) mass is 307 g/mol. The van der Waals surface area contributed by atoms with E-state index in [9.17, 15) is 9.59 Å². The Hall–Kier alpha value is -1.85. The van der Waals surface area contributed by atoms with Gasteiger partial charge < -0.3 is 10.1 Å². The molecule has 1 amide bonds. The molecule has 1 N–H and O–H groups in total. The average Bonchev–Trinajstić information content (AvgIpc) is 2.73. The van der Waals surface area contributed by atoms with Crippen molar-refractivity contribution in [2.75, 3.05) is 7.11 Å². The number of hydrogen-bond donors (Lipinski definition) is 1. The number of carbonyl (C=O) groups excluding carboxylic acids is 2. The van der Waals surface area contributed by atoms with Gasteiger partial charge in [-0.2, -0.15) is 5.10 Å². The maximum atomic E-state index is 12.5. The van der Waals surface area contributed by atoms with Crippen LogP contribution >= 0.6 is 0 Å². The number of aromatic nitrogens is 2. The lowest BCUT2D eigenvalue weighted by Crippen LogP contribution is -2.56. The van der Waals surface area contributed by atoms with Crippen molar-refractivity contribution in [2.45, 2.75) is 57.9 Å². The number of carbonyl (C=O) groups is 2. The van der Waals surface area contributed by atoms with Gasteiger partial charge in [0.15, 0.2) is 0 Å². The predicted octanol–water partition coefficient (Wildman–Crippen LogP) is 1.57. The number of nitrogens with one attached hydrogen (secondary N) is 1. The zero-order valence-electron chi connectivity index (χ0n) is 13.9. The fourth-order valence-corrected chi connectivity index (χ4v) is 3.28. The van der Waals surface area contributed by atoms with Gasteiger partial charge in [0, 0.05) is 18.3 Å². The average molecular weight is 307 g/mol. The lowest BCUT2D eigenvalue weighted by Gasteiger charge is -2.35. The molecule has 6 heteroatoms. The van der Waals surface area contributed by atoms with E-state index in [1.807, 2.05) is 20.9 Å². The molecule has 0 bridgehead atoms. The number of methoxy groups -OCH3 is 1. The van der Waals surface area contributed by atoms with Crippen LogP contribution in [-0.4, -0.2) is 34.3 Å². The fourth-order valence-electron chi connectivity index (χ4n) is 3.28. The Balaban J connectivity index is 2.13. The Labute approximate surface area is 131 Å². The van der Waals surface area contributed by atoms with Crippen molar-refractivity contribution >= 4 is 11.9 Å². The number of nitrogens with zero attached hydrogens (tertiary/aromatic N) is 2. The number of esters is 1. The van der Waals surface area contributed by atoms with Crippen LogP contribution in [0.4, 0.5) is 0 Å². The Kier molecular flexibility index (Phi) is 4.88. The molecule has 0 aromatic carbocycles. The van der Waals surface area contributed by atoms with Crippen LogP contribution in [0, 0.1) is 13.8 Å². The minimum absolute atomic E-state index is 0.147. The van der Waals surface area contributed by atoms with E-state index < -0.39 is 5.54 Å². The first-order chi connectivity index (χ1) is 10.4. The van der Waals surface area contributed by atoms with Crippen LogP contribution in [0.2, 0.25) is 0 Å². The van der Waals surface area contributed by atoms with Crippen LogP contribution < -0.4 is 5.32 Å². The van der Waals surface area contributed by atoms with Gasteiger partial charge in [0.1, 0.15) is 5.54 Å². The molecule has 0 saturated heterocycles. The molecule has 0 atom stereocenters. The highest BCUT2D eigenvalue weighted by Gasteiger charge is 2.41. The maximum Gasteiger partial charge on any atom is 0.331 e. The Morgan fingerprint density at radius 2 is 1.91 bits per heavy atom. The second-order valence-corrected chi connectivity index (χ2v) is 6.13. The van der Waals surface area contributed by atoms with Crippen LogP contribution in [0.3, 0.4) is 0 Å². The maximum absolute atomic E-state index is 12.5. The van der Waals surface area contributed by atoms with Gasteiger partial charge in [-0.3, -0.25) is 9.48 Å². The predicted molar refractivity (Wildman–Crippen MR) is 82.4 cm³/mol. The Morgan fingerprint density at radius 3 is 2.41 bits per heavy atom. The normalized spacial score (nSPS) is 17.1. The van der Waals surface area contributed by atoms with Crippen LogP contribution in [0.5, 0.6) is 0 Å². The molecule has 22 heavy (non-hydrogen) atoms. The molecule has 1 aliphatic carbocycles. The molecule has 0 aliphatic heterocycles. The molecule has 1 fully saturated rings. The third-order valence-electron chi connectivity index (χ3n) is 4.66. The van der Waals surface area contributed by atoms with Crippen molar-refractivity contribution < 1.29 is 14.3 Å². The third-order valence-corrected chi connectivity index (χ3v) is 4.66. The zero-order chi connectivity index (χ0) is 16.3. The molecule has 0 unspecified atom stereocenters. The number of amides is 1. The summed E-state index contributed by atoms with van der Waals surface area (Å²) < 4.78 is 6.70. The van der Waals surface area contributed by atoms with E-state index in [1.54, 1.807) is 4.68 Å². The lowest BCUT2D eigenvalue weighted by molar-refractivity contribution is -0.152. The summed E-state index contributed by atoms with van der Waals surface area (Å²) in [4.78, 5) is 24.6. The van der Waals surface area contributed by atoms with E-state index in [-0.39, 0.29) is 18.3 Å². The topological polar surface area (TPSA) is 73.2 Å². The summed E-state index contributed by atoms with van der Waals surface area (Å²) in [5.74, 6) is -0.480. The van der Waals surface area contributed by atoms with Gasteiger partial charge in [0.25, 0.3) is 0 Å².